The predicted molar refractivity (Wildman–Crippen MR) is 91.4 cm³/mol. The molecule has 0 unspecified atom stereocenters. The van der Waals surface area contributed by atoms with E-state index in [9.17, 15) is 14.7 Å². The van der Waals surface area contributed by atoms with E-state index in [0.717, 1.165) is 22.4 Å². The SMILES string of the molecule is O=C(O)[C@H]1Cc2ccccc2CN1C(=O)[C@H]1CCOc2ccccc21. The summed E-state index contributed by atoms with van der Waals surface area (Å²) in [5.41, 5.74) is 2.88. The Bertz CT molecular complexity index is 832. The Morgan fingerprint density at radius 1 is 1.04 bits per heavy atom. The number of hydrogen-bond acceptors (Lipinski definition) is 3. The summed E-state index contributed by atoms with van der Waals surface area (Å²) in [5, 5.41) is 9.66. The Morgan fingerprint density at radius 3 is 2.56 bits per heavy atom. The van der Waals surface area contributed by atoms with E-state index in [4.69, 9.17) is 4.74 Å². The highest BCUT2D eigenvalue weighted by Gasteiger charge is 2.39. The number of fused-ring (bicyclic) bond motifs is 2. The number of benzene rings is 2. The molecular weight excluding hydrogens is 318 g/mol. The molecule has 128 valence electrons. The van der Waals surface area contributed by atoms with Crippen molar-refractivity contribution in [1.29, 1.82) is 0 Å². The van der Waals surface area contributed by atoms with Crippen LogP contribution < -0.4 is 4.74 Å². The van der Waals surface area contributed by atoms with Gasteiger partial charge in [-0.15, -0.1) is 0 Å². The van der Waals surface area contributed by atoms with Crippen LogP contribution in [0.4, 0.5) is 0 Å². The zero-order chi connectivity index (χ0) is 17.4. The van der Waals surface area contributed by atoms with Gasteiger partial charge in [0.2, 0.25) is 5.91 Å². The van der Waals surface area contributed by atoms with Crippen LogP contribution in [0.15, 0.2) is 48.5 Å². The van der Waals surface area contributed by atoms with Crippen molar-refractivity contribution in [3.05, 3.63) is 65.2 Å². The number of carboxylic acid groups (broad SMARTS) is 1. The van der Waals surface area contributed by atoms with E-state index >= 15 is 0 Å². The fourth-order valence-corrected chi connectivity index (χ4v) is 3.77. The number of carboxylic acids is 1. The lowest BCUT2D eigenvalue weighted by Gasteiger charge is -2.37. The number of hydrogen-bond donors (Lipinski definition) is 1. The molecule has 2 heterocycles. The summed E-state index contributed by atoms with van der Waals surface area (Å²) in [6.45, 7) is 0.807. The standard InChI is InChI=1S/C20H19NO4/c22-19(16-9-10-25-18-8-4-3-7-15(16)18)21-12-14-6-2-1-5-13(14)11-17(21)20(23)24/h1-8,16-17H,9-12H2,(H,23,24)/t16-,17+/m0/s1. The Labute approximate surface area is 145 Å². The number of rotatable bonds is 2. The second-order valence-electron chi connectivity index (χ2n) is 6.52. The molecule has 2 aliphatic heterocycles. The molecule has 2 aromatic carbocycles. The third-order valence-electron chi connectivity index (χ3n) is 5.07. The van der Waals surface area contributed by atoms with Crippen molar-refractivity contribution in [2.45, 2.75) is 31.3 Å². The van der Waals surface area contributed by atoms with E-state index < -0.39 is 12.0 Å². The van der Waals surface area contributed by atoms with Gasteiger partial charge in [0.1, 0.15) is 11.8 Å². The van der Waals surface area contributed by atoms with Crippen LogP contribution in [-0.2, 0) is 22.6 Å². The molecule has 25 heavy (non-hydrogen) atoms. The van der Waals surface area contributed by atoms with Crippen LogP contribution in [0.5, 0.6) is 5.75 Å². The number of aliphatic carboxylic acids is 1. The molecule has 4 rings (SSSR count). The van der Waals surface area contributed by atoms with Gasteiger partial charge in [-0.25, -0.2) is 4.79 Å². The highest BCUT2D eigenvalue weighted by atomic mass is 16.5. The van der Waals surface area contributed by atoms with Gasteiger partial charge in [-0.2, -0.15) is 0 Å². The summed E-state index contributed by atoms with van der Waals surface area (Å²) < 4.78 is 5.63. The maximum absolute atomic E-state index is 13.2. The van der Waals surface area contributed by atoms with Crippen molar-refractivity contribution in [3.8, 4) is 5.75 Å². The summed E-state index contributed by atoms with van der Waals surface area (Å²) >= 11 is 0. The van der Waals surface area contributed by atoms with Gasteiger partial charge in [0.25, 0.3) is 0 Å². The van der Waals surface area contributed by atoms with Crippen LogP contribution in [-0.4, -0.2) is 34.5 Å². The van der Waals surface area contributed by atoms with Gasteiger partial charge in [0.05, 0.1) is 12.5 Å². The first-order chi connectivity index (χ1) is 12.1. The fraction of sp³-hybridized carbons (Fsp3) is 0.300. The molecule has 1 N–H and O–H groups in total. The van der Waals surface area contributed by atoms with Gasteiger partial charge in [0.15, 0.2) is 0 Å². The van der Waals surface area contributed by atoms with E-state index in [2.05, 4.69) is 0 Å². The first-order valence-electron chi connectivity index (χ1n) is 8.47. The molecular formula is C20H19NO4. The van der Waals surface area contributed by atoms with Crippen LogP contribution in [0.2, 0.25) is 0 Å². The van der Waals surface area contributed by atoms with E-state index in [1.807, 2.05) is 48.5 Å². The lowest BCUT2D eigenvalue weighted by molar-refractivity contribution is -0.152. The minimum Gasteiger partial charge on any atom is -0.493 e. The molecule has 0 radical (unpaired) electrons. The molecule has 2 aromatic rings. The maximum atomic E-state index is 13.2. The maximum Gasteiger partial charge on any atom is 0.326 e. The predicted octanol–water partition coefficient (Wildman–Crippen LogP) is 2.59. The van der Waals surface area contributed by atoms with Crippen molar-refractivity contribution < 1.29 is 19.4 Å². The zero-order valence-corrected chi connectivity index (χ0v) is 13.7. The van der Waals surface area contributed by atoms with Crippen LogP contribution in [0.1, 0.15) is 29.0 Å². The third-order valence-corrected chi connectivity index (χ3v) is 5.07. The van der Waals surface area contributed by atoms with Crippen molar-refractivity contribution in [3.63, 3.8) is 0 Å². The molecule has 1 amide bonds. The first-order valence-corrected chi connectivity index (χ1v) is 8.47. The van der Waals surface area contributed by atoms with Crippen molar-refractivity contribution in [2.75, 3.05) is 6.61 Å². The minimum absolute atomic E-state index is 0.127. The Balaban J connectivity index is 1.68. The molecule has 2 aliphatic rings. The van der Waals surface area contributed by atoms with E-state index in [-0.39, 0.29) is 11.8 Å². The molecule has 0 spiro atoms. The van der Waals surface area contributed by atoms with E-state index in [1.165, 1.54) is 4.90 Å². The first kappa shape index (κ1) is 15.7. The van der Waals surface area contributed by atoms with Gasteiger partial charge < -0.3 is 14.7 Å². The largest absolute Gasteiger partial charge is 0.493 e. The molecule has 0 saturated heterocycles. The second-order valence-corrected chi connectivity index (χ2v) is 6.52. The van der Waals surface area contributed by atoms with Crippen LogP contribution in [0.25, 0.3) is 0 Å². The lowest BCUT2D eigenvalue weighted by atomic mass is 9.88. The Hall–Kier alpha value is -2.82. The van der Waals surface area contributed by atoms with Crippen LogP contribution in [0.3, 0.4) is 0 Å². The Morgan fingerprint density at radius 2 is 1.76 bits per heavy atom. The molecule has 0 bridgehead atoms. The molecule has 5 heteroatoms. The summed E-state index contributed by atoms with van der Waals surface area (Å²) in [5.74, 6) is -0.714. The quantitative estimate of drug-likeness (QED) is 0.915. The smallest absolute Gasteiger partial charge is 0.326 e. The van der Waals surface area contributed by atoms with Crippen molar-refractivity contribution >= 4 is 11.9 Å². The average Bonchev–Trinajstić information content (AvgIpc) is 2.66. The number of carbonyl (C=O) groups is 2. The molecule has 0 aliphatic carbocycles. The number of carbonyl (C=O) groups excluding carboxylic acids is 1. The third kappa shape index (κ3) is 2.76. The van der Waals surface area contributed by atoms with Crippen LogP contribution in [0, 0.1) is 0 Å². The molecule has 0 fully saturated rings. The summed E-state index contributed by atoms with van der Waals surface area (Å²) in [4.78, 5) is 26.6. The van der Waals surface area contributed by atoms with E-state index in [0.29, 0.717) is 26.0 Å². The van der Waals surface area contributed by atoms with Gasteiger partial charge in [-0.1, -0.05) is 42.5 Å². The molecule has 2 atom stereocenters. The Kier molecular flexibility index (Phi) is 3.92. The van der Waals surface area contributed by atoms with Gasteiger partial charge in [0, 0.05) is 18.5 Å². The summed E-state index contributed by atoms with van der Waals surface area (Å²) in [6.07, 6.45) is 0.919. The number of nitrogens with zero attached hydrogens (tertiary/aromatic N) is 1. The second kappa shape index (κ2) is 6.24. The van der Waals surface area contributed by atoms with Gasteiger partial charge in [-0.05, 0) is 23.6 Å². The monoisotopic (exact) mass is 337 g/mol. The van der Waals surface area contributed by atoms with E-state index in [1.54, 1.807) is 0 Å². The lowest BCUT2D eigenvalue weighted by Crippen LogP contribution is -2.50. The number of amides is 1. The highest BCUT2D eigenvalue weighted by molar-refractivity contribution is 5.89. The molecule has 0 saturated carbocycles. The summed E-state index contributed by atoms with van der Waals surface area (Å²) in [6, 6.07) is 14.4. The number of ether oxygens (including phenoxy) is 1. The average molecular weight is 337 g/mol. The normalized spacial score (nSPS) is 21.7. The van der Waals surface area contributed by atoms with Gasteiger partial charge >= 0.3 is 5.97 Å². The fourth-order valence-electron chi connectivity index (χ4n) is 3.77. The molecule has 5 nitrogen and oxygen atoms in total. The summed E-state index contributed by atoms with van der Waals surface area (Å²) in [7, 11) is 0. The molecule has 0 aromatic heterocycles. The zero-order valence-electron chi connectivity index (χ0n) is 13.7. The van der Waals surface area contributed by atoms with Gasteiger partial charge in [-0.3, -0.25) is 4.79 Å². The highest BCUT2D eigenvalue weighted by Crippen LogP contribution is 2.36. The number of para-hydroxylation sites is 1. The minimum atomic E-state index is -0.955. The van der Waals surface area contributed by atoms with Crippen molar-refractivity contribution in [1.82, 2.24) is 4.90 Å². The topological polar surface area (TPSA) is 66.8 Å². The van der Waals surface area contributed by atoms with Crippen LogP contribution >= 0.6 is 0 Å². The van der Waals surface area contributed by atoms with Crippen molar-refractivity contribution in [2.24, 2.45) is 0 Å².